The summed E-state index contributed by atoms with van der Waals surface area (Å²) in [5, 5.41) is -0.206. The van der Waals surface area contributed by atoms with Gasteiger partial charge < -0.3 is 0 Å². The van der Waals surface area contributed by atoms with Crippen molar-refractivity contribution in [3.05, 3.63) is 70.5 Å². The molecule has 0 saturated heterocycles. The standard InChI is InChI=1S/C18H20ClF/c1-12-10-14(11-13(2)16(12)20)17(19)18(3,4)15-8-6-5-7-9-15/h5-11,17H,1-4H3. The van der Waals surface area contributed by atoms with Crippen LogP contribution in [-0.2, 0) is 5.41 Å². The zero-order valence-corrected chi connectivity index (χ0v) is 13.1. The highest BCUT2D eigenvalue weighted by atomic mass is 35.5. The number of rotatable bonds is 3. The van der Waals surface area contributed by atoms with Crippen molar-refractivity contribution in [3.63, 3.8) is 0 Å². The lowest BCUT2D eigenvalue weighted by Crippen LogP contribution is -2.23. The van der Waals surface area contributed by atoms with Gasteiger partial charge in [0.2, 0.25) is 0 Å². The Morgan fingerprint density at radius 2 is 1.50 bits per heavy atom. The Balaban J connectivity index is 2.43. The van der Waals surface area contributed by atoms with E-state index >= 15 is 0 Å². The predicted octanol–water partition coefficient (Wildman–Crippen LogP) is 5.70. The predicted molar refractivity (Wildman–Crippen MR) is 83.9 cm³/mol. The summed E-state index contributed by atoms with van der Waals surface area (Å²) in [5.74, 6) is -0.143. The molecule has 0 aliphatic carbocycles. The minimum atomic E-state index is -0.223. The van der Waals surface area contributed by atoms with Crippen LogP contribution in [0.2, 0.25) is 0 Å². The van der Waals surface area contributed by atoms with Crippen molar-refractivity contribution in [2.24, 2.45) is 0 Å². The van der Waals surface area contributed by atoms with E-state index in [1.54, 1.807) is 13.8 Å². The average Bonchev–Trinajstić information content (AvgIpc) is 2.44. The Kier molecular flexibility index (Phi) is 4.19. The quantitative estimate of drug-likeness (QED) is 0.636. The molecule has 0 fully saturated rings. The molecule has 20 heavy (non-hydrogen) atoms. The third kappa shape index (κ3) is 2.73. The second kappa shape index (κ2) is 5.57. The first-order chi connectivity index (χ1) is 9.34. The fourth-order valence-electron chi connectivity index (χ4n) is 2.56. The molecule has 0 heterocycles. The molecule has 2 aromatic carbocycles. The van der Waals surface area contributed by atoms with E-state index in [-0.39, 0.29) is 16.6 Å². The normalized spacial score (nSPS) is 13.3. The molecule has 0 aliphatic heterocycles. The molecule has 106 valence electrons. The molecule has 1 unspecified atom stereocenters. The number of aryl methyl sites for hydroxylation is 2. The SMILES string of the molecule is Cc1cc(C(Cl)C(C)(C)c2ccccc2)cc(C)c1F. The van der Waals surface area contributed by atoms with Crippen molar-refractivity contribution >= 4 is 11.6 Å². The Morgan fingerprint density at radius 1 is 1.00 bits per heavy atom. The largest absolute Gasteiger partial charge is 0.206 e. The van der Waals surface area contributed by atoms with Gasteiger partial charge in [0.1, 0.15) is 5.82 Å². The lowest BCUT2D eigenvalue weighted by molar-refractivity contribution is 0.502. The van der Waals surface area contributed by atoms with Crippen LogP contribution in [0.5, 0.6) is 0 Å². The van der Waals surface area contributed by atoms with Gasteiger partial charge in [-0.3, -0.25) is 0 Å². The van der Waals surface area contributed by atoms with Gasteiger partial charge in [0.25, 0.3) is 0 Å². The molecule has 0 aliphatic rings. The van der Waals surface area contributed by atoms with Crippen molar-refractivity contribution in [1.82, 2.24) is 0 Å². The molecule has 0 radical (unpaired) electrons. The molecule has 2 rings (SSSR count). The summed E-state index contributed by atoms with van der Waals surface area (Å²) in [4.78, 5) is 0. The van der Waals surface area contributed by atoms with E-state index in [2.05, 4.69) is 26.0 Å². The summed E-state index contributed by atoms with van der Waals surface area (Å²) >= 11 is 6.71. The van der Waals surface area contributed by atoms with E-state index in [9.17, 15) is 4.39 Å². The highest BCUT2D eigenvalue weighted by Crippen LogP contribution is 2.42. The van der Waals surface area contributed by atoms with Gasteiger partial charge in [0.15, 0.2) is 0 Å². The number of benzene rings is 2. The minimum absolute atomic E-state index is 0.143. The Morgan fingerprint density at radius 3 is 2.00 bits per heavy atom. The van der Waals surface area contributed by atoms with E-state index < -0.39 is 0 Å². The molecule has 0 aromatic heterocycles. The molecule has 0 nitrogen and oxygen atoms in total. The first-order valence-corrected chi connectivity index (χ1v) is 7.24. The number of hydrogen-bond donors (Lipinski definition) is 0. The fraction of sp³-hybridized carbons (Fsp3) is 0.333. The van der Waals surface area contributed by atoms with Crippen molar-refractivity contribution in [2.75, 3.05) is 0 Å². The van der Waals surface area contributed by atoms with E-state index in [4.69, 9.17) is 11.6 Å². The molecule has 0 bridgehead atoms. The van der Waals surface area contributed by atoms with Crippen molar-refractivity contribution in [1.29, 1.82) is 0 Å². The van der Waals surface area contributed by atoms with Crippen LogP contribution in [0.4, 0.5) is 4.39 Å². The molecule has 1 atom stereocenters. The molecular formula is C18H20ClF. The van der Waals surface area contributed by atoms with Gasteiger partial charge in [-0.05, 0) is 36.1 Å². The van der Waals surface area contributed by atoms with Gasteiger partial charge in [0.05, 0.1) is 5.38 Å². The summed E-state index contributed by atoms with van der Waals surface area (Å²) in [7, 11) is 0. The van der Waals surface area contributed by atoms with Crippen LogP contribution < -0.4 is 0 Å². The molecule has 0 amide bonds. The Labute approximate surface area is 125 Å². The van der Waals surface area contributed by atoms with Gasteiger partial charge in [-0.2, -0.15) is 0 Å². The highest BCUT2D eigenvalue weighted by molar-refractivity contribution is 6.21. The van der Waals surface area contributed by atoms with Gasteiger partial charge in [-0.15, -0.1) is 11.6 Å². The van der Waals surface area contributed by atoms with Crippen LogP contribution in [0.25, 0.3) is 0 Å². The lowest BCUT2D eigenvalue weighted by atomic mass is 9.78. The maximum Gasteiger partial charge on any atom is 0.129 e. The van der Waals surface area contributed by atoms with Crippen LogP contribution in [0.3, 0.4) is 0 Å². The zero-order valence-electron chi connectivity index (χ0n) is 12.4. The Bertz CT molecular complexity index is 579. The zero-order chi connectivity index (χ0) is 14.9. The van der Waals surface area contributed by atoms with Crippen molar-refractivity contribution in [3.8, 4) is 0 Å². The number of halogens is 2. The Hall–Kier alpha value is -1.34. The topological polar surface area (TPSA) is 0 Å². The van der Waals surface area contributed by atoms with Crippen molar-refractivity contribution < 1.29 is 4.39 Å². The summed E-state index contributed by atoms with van der Waals surface area (Å²) in [6, 6.07) is 13.9. The molecule has 0 saturated carbocycles. The first kappa shape index (κ1) is 15.1. The molecular weight excluding hydrogens is 271 g/mol. The van der Waals surface area contributed by atoms with Crippen LogP contribution in [0, 0.1) is 19.7 Å². The van der Waals surface area contributed by atoms with Crippen LogP contribution in [0.1, 0.15) is 41.5 Å². The van der Waals surface area contributed by atoms with Gasteiger partial charge >= 0.3 is 0 Å². The monoisotopic (exact) mass is 290 g/mol. The van der Waals surface area contributed by atoms with Gasteiger partial charge in [-0.1, -0.05) is 56.3 Å². The van der Waals surface area contributed by atoms with Gasteiger partial charge in [0, 0.05) is 5.41 Å². The second-order valence-corrected chi connectivity index (χ2v) is 6.36. The fourth-order valence-corrected chi connectivity index (χ4v) is 2.81. The number of hydrogen-bond acceptors (Lipinski definition) is 0. The third-order valence-corrected chi connectivity index (χ3v) is 4.70. The summed E-state index contributed by atoms with van der Waals surface area (Å²) in [6.07, 6.45) is 0. The summed E-state index contributed by atoms with van der Waals surface area (Å²) < 4.78 is 13.8. The molecule has 0 N–H and O–H groups in total. The first-order valence-electron chi connectivity index (χ1n) is 6.80. The van der Waals surface area contributed by atoms with E-state index in [1.807, 2.05) is 30.3 Å². The van der Waals surface area contributed by atoms with Crippen LogP contribution in [0.15, 0.2) is 42.5 Å². The highest BCUT2D eigenvalue weighted by Gasteiger charge is 2.31. The second-order valence-electron chi connectivity index (χ2n) is 5.92. The average molecular weight is 291 g/mol. The van der Waals surface area contributed by atoms with Crippen LogP contribution in [-0.4, -0.2) is 0 Å². The number of alkyl halides is 1. The lowest BCUT2D eigenvalue weighted by Gasteiger charge is -2.31. The summed E-state index contributed by atoms with van der Waals surface area (Å²) in [6.45, 7) is 7.80. The van der Waals surface area contributed by atoms with E-state index in [0.29, 0.717) is 11.1 Å². The van der Waals surface area contributed by atoms with E-state index in [0.717, 1.165) is 5.56 Å². The molecule has 0 spiro atoms. The van der Waals surface area contributed by atoms with Gasteiger partial charge in [-0.25, -0.2) is 4.39 Å². The maximum absolute atomic E-state index is 13.8. The summed E-state index contributed by atoms with van der Waals surface area (Å²) in [5.41, 5.74) is 3.22. The van der Waals surface area contributed by atoms with E-state index in [1.165, 1.54) is 5.56 Å². The van der Waals surface area contributed by atoms with Crippen molar-refractivity contribution in [2.45, 2.75) is 38.5 Å². The third-order valence-electron chi connectivity index (χ3n) is 3.90. The molecule has 2 aromatic rings. The van der Waals surface area contributed by atoms with Crippen LogP contribution >= 0.6 is 11.6 Å². The smallest absolute Gasteiger partial charge is 0.129 e. The molecule has 2 heteroatoms. The minimum Gasteiger partial charge on any atom is -0.206 e. The maximum atomic E-state index is 13.8.